The van der Waals surface area contributed by atoms with Crippen molar-refractivity contribution in [3.8, 4) is 5.75 Å². The molecule has 1 aromatic carbocycles. The van der Waals surface area contributed by atoms with Gasteiger partial charge in [-0.1, -0.05) is 6.07 Å². The van der Waals surface area contributed by atoms with Gasteiger partial charge in [0.2, 0.25) is 0 Å². The third kappa shape index (κ3) is 1.20. The second-order valence-corrected chi connectivity index (χ2v) is 3.00. The number of aryl methyl sites for hydroxylation is 2. The summed E-state index contributed by atoms with van der Waals surface area (Å²) in [6.45, 7) is 0.469. The maximum absolute atomic E-state index is 10.1. The molecule has 1 aliphatic rings. The summed E-state index contributed by atoms with van der Waals surface area (Å²) in [5.74, 6) is 0.658. The van der Waals surface area contributed by atoms with Gasteiger partial charge in [-0.2, -0.15) is 0 Å². The highest BCUT2D eigenvalue weighted by Gasteiger charge is 2.10. The molecule has 2 heteroatoms. The summed E-state index contributed by atoms with van der Waals surface area (Å²) in [6, 6.07) is 5.84. The Morgan fingerprint density at radius 1 is 1.25 bits per heavy atom. The van der Waals surface area contributed by atoms with Gasteiger partial charge in [0.1, 0.15) is 5.75 Å². The van der Waals surface area contributed by atoms with Crippen molar-refractivity contribution in [1.29, 1.82) is 0 Å². The molecule has 0 fully saturated rings. The van der Waals surface area contributed by atoms with Crippen molar-refractivity contribution >= 4 is 6.47 Å². The molecule has 1 aromatic rings. The zero-order chi connectivity index (χ0) is 8.39. The average molecular weight is 162 g/mol. The Labute approximate surface area is 71.2 Å². The van der Waals surface area contributed by atoms with Crippen LogP contribution < -0.4 is 4.74 Å². The van der Waals surface area contributed by atoms with E-state index in [1.807, 2.05) is 18.2 Å². The Hall–Kier alpha value is -1.31. The Morgan fingerprint density at radius 3 is 2.92 bits per heavy atom. The molecule has 2 rings (SSSR count). The number of hydrogen-bond donors (Lipinski definition) is 0. The van der Waals surface area contributed by atoms with Gasteiger partial charge in [0, 0.05) is 0 Å². The minimum absolute atomic E-state index is 0.469. The van der Waals surface area contributed by atoms with E-state index in [1.54, 1.807) is 0 Å². The number of fused-ring (bicyclic) bond motifs is 1. The van der Waals surface area contributed by atoms with Gasteiger partial charge in [0.25, 0.3) is 6.47 Å². The summed E-state index contributed by atoms with van der Waals surface area (Å²) in [7, 11) is 0. The highest BCUT2D eigenvalue weighted by Crippen LogP contribution is 2.25. The Kier molecular flexibility index (Phi) is 1.82. The van der Waals surface area contributed by atoms with Gasteiger partial charge in [-0.3, -0.25) is 4.79 Å². The van der Waals surface area contributed by atoms with Crippen molar-refractivity contribution < 1.29 is 9.53 Å². The summed E-state index contributed by atoms with van der Waals surface area (Å²) in [4.78, 5) is 10.1. The molecule has 0 N–H and O–H groups in total. The second-order valence-electron chi connectivity index (χ2n) is 3.00. The van der Waals surface area contributed by atoms with Crippen molar-refractivity contribution in [3.05, 3.63) is 29.3 Å². The highest BCUT2D eigenvalue weighted by atomic mass is 16.5. The largest absolute Gasteiger partial charge is 0.429 e. The number of carbonyl (C=O) groups excluding carboxylic acids is 1. The number of rotatable bonds is 2. The monoisotopic (exact) mass is 162 g/mol. The molecule has 0 unspecified atom stereocenters. The van der Waals surface area contributed by atoms with Gasteiger partial charge >= 0.3 is 0 Å². The zero-order valence-corrected chi connectivity index (χ0v) is 6.75. The Morgan fingerprint density at radius 2 is 2.08 bits per heavy atom. The number of ether oxygens (including phenoxy) is 1. The Bertz CT molecular complexity index is 305. The van der Waals surface area contributed by atoms with Crippen molar-refractivity contribution in [3.63, 3.8) is 0 Å². The summed E-state index contributed by atoms with van der Waals surface area (Å²) >= 11 is 0. The molecule has 12 heavy (non-hydrogen) atoms. The number of benzene rings is 1. The fourth-order valence-electron chi connectivity index (χ4n) is 1.68. The second kappa shape index (κ2) is 2.97. The van der Waals surface area contributed by atoms with E-state index < -0.39 is 0 Å². The molecular weight excluding hydrogens is 152 g/mol. The first kappa shape index (κ1) is 7.35. The molecule has 0 heterocycles. The van der Waals surface area contributed by atoms with Gasteiger partial charge in [-0.05, 0) is 42.5 Å². The lowest BCUT2D eigenvalue weighted by Gasteiger charge is -2.01. The summed E-state index contributed by atoms with van der Waals surface area (Å²) in [5.41, 5.74) is 2.72. The van der Waals surface area contributed by atoms with Crippen LogP contribution in [0, 0.1) is 0 Å². The van der Waals surface area contributed by atoms with Crippen LogP contribution in [0.4, 0.5) is 0 Å². The van der Waals surface area contributed by atoms with E-state index in [0.29, 0.717) is 12.2 Å². The lowest BCUT2D eigenvalue weighted by Crippen LogP contribution is -1.90. The smallest absolute Gasteiger partial charge is 0.298 e. The van der Waals surface area contributed by atoms with Crippen LogP contribution in [-0.2, 0) is 17.6 Å². The zero-order valence-electron chi connectivity index (χ0n) is 6.75. The van der Waals surface area contributed by atoms with Crippen molar-refractivity contribution in [1.82, 2.24) is 0 Å². The maximum Gasteiger partial charge on any atom is 0.298 e. The van der Waals surface area contributed by atoms with Gasteiger partial charge in [-0.15, -0.1) is 0 Å². The lowest BCUT2D eigenvalue weighted by molar-refractivity contribution is -0.120. The van der Waals surface area contributed by atoms with E-state index in [-0.39, 0.29) is 0 Å². The molecule has 0 aromatic heterocycles. The predicted molar refractivity (Wildman–Crippen MR) is 45.2 cm³/mol. The highest BCUT2D eigenvalue weighted by molar-refractivity contribution is 5.47. The van der Waals surface area contributed by atoms with E-state index in [0.717, 1.165) is 12.8 Å². The number of carbonyl (C=O) groups is 1. The van der Waals surface area contributed by atoms with Gasteiger partial charge < -0.3 is 4.74 Å². The van der Waals surface area contributed by atoms with Crippen molar-refractivity contribution in [2.75, 3.05) is 0 Å². The van der Waals surface area contributed by atoms with Crippen LogP contribution in [0.3, 0.4) is 0 Å². The maximum atomic E-state index is 10.1. The van der Waals surface area contributed by atoms with E-state index >= 15 is 0 Å². The van der Waals surface area contributed by atoms with E-state index in [1.165, 1.54) is 17.5 Å². The topological polar surface area (TPSA) is 26.3 Å². The van der Waals surface area contributed by atoms with Crippen LogP contribution in [0.5, 0.6) is 5.75 Å². The molecule has 0 radical (unpaired) electrons. The van der Waals surface area contributed by atoms with E-state index in [4.69, 9.17) is 4.74 Å². The number of hydrogen-bond acceptors (Lipinski definition) is 2. The summed E-state index contributed by atoms with van der Waals surface area (Å²) < 4.78 is 4.75. The minimum atomic E-state index is 0.469. The van der Waals surface area contributed by atoms with E-state index in [2.05, 4.69) is 0 Å². The summed E-state index contributed by atoms with van der Waals surface area (Å²) in [5, 5.41) is 0. The molecule has 1 aliphatic carbocycles. The molecule has 0 amide bonds. The normalized spacial score (nSPS) is 14.0. The third-order valence-electron chi connectivity index (χ3n) is 2.25. The molecule has 0 atom stereocenters. The molecule has 0 aliphatic heterocycles. The molecule has 0 spiro atoms. The molecule has 62 valence electrons. The fraction of sp³-hybridized carbons (Fsp3) is 0.300. The van der Waals surface area contributed by atoms with Crippen LogP contribution >= 0.6 is 0 Å². The molecule has 0 saturated heterocycles. The lowest BCUT2D eigenvalue weighted by atomic mass is 10.1. The molecule has 0 saturated carbocycles. The first-order valence-corrected chi connectivity index (χ1v) is 4.12. The third-order valence-corrected chi connectivity index (χ3v) is 2.25. The molecule has 2 nitrogen and oxygen atoms in total. The first-order valence-electron chi connectivity index (χ1n) is 4.12. The van der Waals surface area contributed by atoms with Crippen LogP contribution in [0.1, 0.15) is 17.5 Å². The van der Waals surface area contributed by atoms with Crippen LogP contribution in [0.2, 0.25) is 0 Å². The van der Waals surface area contributed by atoms with Gasteiger partial charge in [0.05, 0.1) is 0 Å². The SMILES string of the molecule is O=COc1ccc2c(c1)CCC2. The van der Waals surface area contributed by atoms with E-state index in [9.17, 15) is 4.79 Å². The van der Waals surface area contributed by atoms with Gasteiger partial charge in [0.15, 0.2) is 0 Å². The quantitative estimate of drug-likeness (QED) is 0.619. The average Bonchev–Trinajstić information content (AvgIpc) is 2.51. The fourth-order valence-corrected chi connectivity index (χ4v) is 1.68. The predicted octanol–water partition coefficient (Wildman–Crippen LogP) is 1.71. The first-order chi connectivity index (χ1) is 5.90. The standard InChI is InChI=1S/C10H10O2/c11-7-12-10-5-4-8-2-1-3-9(8)6-10/h4-7H,1-3H2. The van der Waals surface area contributed by atoms with Gasteiger partial charge in [-0.25, -0.2) is 0 Å². The van der Waals surface area contributed by atoms with Crippen LogP contribution in [-0.4, -0.2) is 6.47 Å². The summed E-state index contributed by atoms with van der Waals surface area (Å²) in [6.07, 6.45) is 3.50. The Balaban J connectivity index is 2.32. The van der Waals surface area contributed by atoms with Crippen molar-refractivity contribution in [2.45, 2.75) is 19.3 Å². The van der Waals surface area contributed by atoms with Crippen molar-refractivity contribution in [2.24, 2.45) is 0 Å². The molecular formula is C10H10O2. The van der Waals surface area contributed by atoms with Crippen LogP contribution in [0.15, 0.2) is 18.2 Å². The minimum Gasteiger partial charge on any atom is -0.429 e. The van der Waals surface area contributed by atoms with Crippen LogP contribution in [0.25, 0.3) is 0 Å². The molecule has 0 bridgehead atoms.